The van der Waals surface area contributed by atoms with Crippen LogP contribution >= 0.6 is 0 Å². The molecule has 0 aliphatic carbocycles. The maximum atomic E-state index is 11.3. The van der Waals surface area contributed by atoms with Crippen molar-refractivity contribution in [3.63, 3.8) is 0 Å². The van der Waals surface area contributed by atoms with Gasteiger partial charge >= 0.3 is 0 Å². The van der Waals surface area contributed by atoms with Crippen LogP contribution in [0.15, 0.2) is 0 Å². The monoisotopic (exact) mass is 186 g/mol. The summed E-state index contributed by atoms with van der Waals surface area (Å²) < 4.78 is 4.77. The minimum absolute atomic E-state index is 0.0250. The van der Waals surface area contributed by atoms with Crippen molar-refractivity contribution >= 4 is 11.8 Å². The molecule has 1 heterocycles. The number of nitrogens with two attached hydrogens (primary N) is 1. The summed E-state index contributed by atoms with van der Waals surface area (Å²) >= 11 is 0. The SMILES string of the molecule is CC(N)C(C)N1C(=O)COCC1=O. The van der Waals surface area contributed by atoms with Crippen LogP contribution in [0.4, 0.5) is 0 Å². The molecule has 0 aromatic heterocycles. The van der Waals surface area contributed by atoms with Gasteiger partial charge in [0.15, 0.2) is 0 Å². The third-order valence-corrected chi connectivity index (χ3v) is 2.16. The number of rotatable bonds is 2. The van der Waals surface area contributed by atoms with Crippen molar-refractivity contribution in [2.45, 2.75) is 25.9 Å². The molecule has 2 N–H and O–H groups in total. The van der Waals surface area contributed by atoms with Crippen LogP contribution in [0.1, 0.15) is 13.8 Å². The van der Waals surface area contributed by atoms with Gasteiger partial charge in [0, 0.05) is 6.04 Å². The number of amides is 2. The number of imide groups is 1. The first-order valence-corrected chi connectivity index (χ1v) is 4.22. The number of ether oxygens (including phenoxy) is 1. The average molecular weight is 186 g/mol. The van der Waals surface area contributed by atoms with E-state index in [0.717, 1.165) is 0 Å². The number of morpholine rings is 1. The predicted molar refractivity (Wildman–Crippen MR) is 45.8 cm³/mol. The Hall–Kier alpha value is -0.940. The molecule has 13 heavy (non-hydrogen) atoms. The first-order chi connectivity index (χ1) is 6.04. The molecule has 1 rings (SSSR count). The molecule has 2 atom stereocenters. The van der Waals surface area contributed by atoms with Crippen LogP contribution in [0.3, 0.4) is 0 Å². The van der Waals surface area contributed by atoms with Gasteiger partial charge in [-0.3, -0.25) is 14.5 Å². The van der Waals surface area contributed by atoms with E-state index in [2.05, 4.69) is 0 Å². The quantitative estimate of drug-likeness (QED) is 0.568. The largest absolute Gasteiger partial charge is 0.362 e. The van der Waals surface area contributed by atoms with Gasteiger partial charge in [0.2, 0.25) is 0 Å². The van der Waals surface area contributed by atoms with Gasteiger partial charge in [0.05, 0.1) is 6.04 Å². The second-order valence-corrected chi connectivity index (χ2v) is 3.25. The van der Waals surface area contributed by atoms with Gasteiger partial charge < -0.3 is 10.5 Å². The molecule has 0 radical (unpaired) electrons. The average Bonchev–Trinajstić information content (AvgIpc) is 2.03. The minimum atomic E-state index is -0.305. The van der Waals surface area contributed by atoms with E-state index in [0.29, 0.717) is 0 Å². The molecule has 0 bridgehead atoms. The lowest BCUT2D eigenvalue weighted by molar-refractivity contribution is -0.161. The molecule has 1 fully saturated rings. The Labute approximate surface area is 76.8 Å². The lowest BCUT2D eigenvalue weighted by Crippen LogP contribution is -2.55. The summed E-state index contributed by atoms with van der Waals surface area (Å²) in [5.41, 5.74) is 5.60. The summed E-state index contributed by atoms with van der Waals surface area (Å²) in [4.78, 5) is 23.7. The van der Waals surface area contributed by atoms with E-state index in [-0.39, 0.29) is 37.1 Å². The minimum Gasteiger partial charge on any atom is -0.362 e. The molecule has 1 aliphatic rings. The van der Waals surface area contributed by atoms with E-state index in [9.17, 15) is 9.59 Å². The lowest BCUT2D eigenvalue weighted by atomic mass is 10.1. The smallest absolute Gasteiger partial charge is 0.255 e. The highest BCUT2D eigenvalue weighted by Gasteiger charge is 2.32. The number of carbonyl (C=O) groups excluding carboxylic acids is 2. The zero-order valence-corrected chi connectivity index (χ0v) is 7.82. The predicted octanol–water partition coefficient (Wildman–Crippen LogP) is -0.893. The van der Waals surface area contributed by atoms with E-state index >= 15 is 0 Å². The summed E-state index contributed by atoms with van der Waals surface area (Å²) in [7, 11) is 0. The topological polar surface area (TPSA) is 72.6 Å². The maximum Gasteiger partial charge on any atom is 0.255 e. The molecule has 2 unspecified atom stereocenters. The van der Waals surface area contributed by atoms with Crippen molar-refractivity contribution in [2.24, 2.45) is 5.73 Å². The summed E-state index contributed by atoms with van der Waals surface area (Å²) in [6.07, 6.45) is 0. The van der Waals surface area contributed by atoms with Crippen LogP contribution in [0.2, 0.25) is 0 Å². The molecule has 0 spiro atoms. The van der Waals surface area contributed by atoms with Crippen LogP contribution in [-0.2, 0) is 14.3 Å². The van der Waals surface area contributed by atoms with E-state index < -0.39 is 0 Å². The number of hydrogen-bond donors (Lipinski definition) is 1. The summed E-state index contributed by atoms with van der Waals surface area (Å²) in [5.74, 6) is -0.609. The van der Waals surface area contributed by atoms with Crippen molar-refractivity contribution in [2.75, 3.05) is 13.2 Å². The van der Waals surface area contributed by atoms with Gasteiger partial charge in [0.1, 0.15) is 13.2 Å². The molecule has 5 nitrogen and oxygen atoms in total. The van der Waals surface area contributed by atoms with Crippen LogP contribution in [-0.4, -0.2) is 42.0 Å². The molecule has 1 saturated heterocycles. The Bertz CT molecular complexity index is 211. The second-order valence-electron chi connectivity index (χ2n) is 3.25. The van der Waals surface area contributed by atoms with E-state index in [1.54, 1.807) is 13.8 Å². The third kappa shape index (κ3) is 2.05. The highest BCUT2D eigenvalue weighted by atomic mass is 16.5. The number of hydrogen-bond acceptors (Lipinski definition) is 4. The number of carbonyl (C=O) groups is 2. The molecule has 5 heteroatoms. The van der Waals surface area contributed by atoms with Gasteiger partial charge in [-0.15, -0.1) is 0 Å². The summed E-state index contributed by atoms with van der Waals surface area (Å²) in [5, 5.41) is 0. The molecular weight excluding hydrogens is 172 g/mol. The van der Waals surface area contributed by atoms with Crippen LogP contribution < -0.4 is 5.73 Å². The summed E-state index contributed by atoms with van der Waals surface area (Å²) in [6.45, 7) is 3.47. The Kier molecular flexibility index (Phi) is 3.00. The molecule has 0 aromatic carbocycles. The van der Waals surface area contributed by atoms with Crippen molar-refractivity contribution in [1.82, 2.24) is 4.90 Å². The zero-order chi connectivity index (χ0) is 10.0. The Morgan fingerprint density at radius 2 is 1.77 bits per heavy atom. The van der Waals surface area contributed by atoms with Crippen LogP contribution in [0, 0.1) is 0 Å². The first-order valence-electron chi connectivity index (χ1n) is 4.22. The molecule has 1 aliphatic heterocycles. The van der Waals surface area contributed by atoms with Crippen molar-refractivity contribution in [3.8, 4) is 0 Å². The van der Waals surface area contributed by atoms with Crippen molar-refractivity contribution in [3.05, 3.63) is 0 Å². The van der Waals surface area contributed by atoms with Crippen molar-refractivity contribution in [1.29, 1.82) is 0 Å². The number of nitrogens with zero attached hydrogens (tertiary/aromatic N) is 1. The lowest BCUT2D eigenvalue weighted by Gasteiger charge is -2.32. The van der Waals surface area contributed by atoms with Gasteiger partial charge in [0.25, 0.3) is 11.8 Å². The van der Waals surface area contributed by atoms with Crippen LogP contribution in [0.25, 0.3) is 0 Å². The third-order valence-electron chi connectivity index (χ3n) is 2.16. The highest BCUT2D eigenvalue weighted by Crippen LogP contribution is 2.08. The standard InChI is InChI=1S/C8H14N2O3/c1-5(9)6(2)10-7(11)3-13-4-8(10)12/h5-6H,3-4,9H2,1-2H3. The summed E-state index contributed by atoms with van der Waals surface area (Å²) in [6, 6.07) is -0.477. The molecular formula is C8H14N2O3. The maximum absolute atomic E-state index is 11.3. The zero-order valence-electron chi connectivity index (χ0n) is 7.82. The van der Waals surface area contributed by atoms with Gasteiger partial charge in [-0.05, 0) is 13.8 Å². The van der Waals surface area contributed by atoms with Crippen LogP contribution in [0.5, 0.6) is 0 Å². The molecule has 74 valence electrons. The Morgan fingerprint density at radius 3 is 2.15 bits per heavy atom. The normalized spacial score (nSPS) is 23.2. The fourth-order valence-electron chi connectivity index (χ4n) is 1.19. The van der Waals surface area contributed by atoms with E-state index in [4.69, 9.17) is 10.5 Å². The van der Waals surface area contributed by atoms with Gasteiger partial charge in [-0.25, -0.2) is 0 Å². The van der Waals surface area contributed by atoms with Crippen molar-refractivity contribution < 1.29 is 14.3 Å². The van der Waals surface area contributed by atoms with E-state index in [1.807, 2.05) is 0 Å². The molecule has 0 aromatic rings. The fourth-order valence-corrected chi connectivity index (χ4v) is 1.19. The highest BCUT2D eigenvalue weighted by molar-refractivity contribution is 5.98. The second kappa shape index (κ2) is 3.85. The fraction of sp³-hybridized carbons (Fsp3) is 0.750. The van der Waals surface area contributed by atoms with Gasteiger partial charge in [-0.1, -0.05) is 0 Å². The first kappa shape index (κ1) is 10.1. The van der Waals surface area contributed by atoms with Gasteiger partial charge in [-0.2, -0.15) is 0 Å². The van der Waals surface area contributed by atoms with E-state index in [1.165, 1.54) is 4.90 Å². The Balaban J connectivity index is 2.74. The molecule has 2 amide bonds. The Morgan fingerprint density at radius 1 is 1.31 bits per heavy atom. The molecule has 0 saturated carbocycles.